The Balaban J connectivity index is 1.18. The standard InChI is InChI=1S/C32H33F3N6O2/c1-39-19-37-38-29(39)13-31(11-22(12-31)14-36)23-3-2-4-24(10-23)41-17-27-26(30(41)42)8-20(9-28(27)32(33,34)35)15-40-6-5-25-7-21(16-40)18-43-25/h2-4,8-10,19,21-22,25H,5-7,11-13,15-18H2,1H3. The zero-order valence-electron chi connectivity index (χ0n) is 24.0. The van der Waals surface area contributed by atoms with Crippen molar-refractivity contribution < 1.29 is 22.7 Å². The molecule has 1 amide bonds. The van der Waals surface area contributed by atoms with Crippen LogP contribution in [0, 0.1) is 23.2 Å². The van der Waals surface area contributed by atoms with Crippen molar-refractivity contribution in [2.24, 2.45) is 18.9 Å². The number of alkyl halides is 3. The lowest BCUT2D eigenvalue weighted by atomic mass is 9.57. The van der Waals surface area contributed by atoms with E-state index in [-0.39, 0.29) is 35.1 Å². The molecule has 43 heavy (non-hydrogen) atoms. The zero-order chi connectivity index (χ0) is 29.9. The quantitative estimate of drug-likeness (QED) is 0.401. The van der Waals surface area contributed by atoms with Crippen molar-refractivity contribution in [1.29, 1.82) is 5.26 Å². The molecule has 11 heteroatoms. The van der Waals surface area contributed by atoms with Gasteiger partial charge in [0.25, 0.3) is 5.91 Å². The van der Waals surface area contributed by atoms with Crippen LogP contribution in [-0.2, 0) is 42.9 Å². The highest BCUT2D eigenvalue weighted by Crippen LogP contribution is 2.50. The van der Waals surface area contributed by atoms with Crippen LogP contribution in [0.2, 0.25) is 0 Å². The van der Waals surface area contributed by atoms with Gasteiger partial charge in [0.05, 0.1) is 30.9 Å². The topological polar surface area (TPSA) is 87.3 Å². The number of hydrogen-bond acceptors (Lipinski definition) is 6. The number of anilines is 1. The monoisotopic (exact) mass is 590 g/mol. The van der Waals surface area contributed by atoms with E-state index in [2.05, 4.69) is 21.2 Å². The number of amides is 1. The summed E-state index contributed by atoms with van der Waals surface area (Å²) in [4.78, 5) is 17.4. The molecule has 2 aromatic carbocycles. The molecule has 8 nitrogen and oxygen atoms in total. The van der Waals surface area contributed by atoms with E-state index < -0.39 is 17.6 Å². The molecule has 3 fully saturated rings. The van der Waals surface area contributed by atoms with Crippen molar-refractivity contribution in [1.82, 2.24) is 19.7 Å². The number of carbonyl (C=O) groups excluding carboxylic acids is 1. The van der Waals surface area contributed by atoms with Crippen LogP contribution in [0.3, 0.4) is 0 Å². The second-order valence-corrected chi connectivity index (χ2v) is 12.7. The number of fused-ring (bicyclic) bond motifs is 3. The molecular weight excluding hydrogens is 557 g/mol. The molecule has 2 saturated heterocycles. The molecule has 2 atom stereocenters. The number of carbonyl (C=O) groups is 1. The molecule has 1 saturated carbocycles. The van der Waals surface area contributed by atoms with Crippen molar-refractivity contribution in [2.45, 2.75) is 62.9 Å². The van der Waals surface area contributed by atoms with Crippen LogP contribution in [0.5, 0.6) is 0 Å². The first-order valence-corrected chi connectivity index (χ1v) is 14.8. The summed E-state index contributed by atoms with van der Waals surface area (Å²) < 4.78 is 50.8. The Hall–Kier alpha value is -3.75. The van der Waals surface area contributed by atoms with Gasteiger partial charge in [-0.2, -0.15) is 18.4 Å². The Kier molecular flexibility index (Phi) is 6.82. The van der Waals surface area contributed by atoms with Gasteiger partial charge in [-0.15, -0.1) is 10.2 Å². The molecule has 224 valence electrons. The van der Waals surface area contributed by atoms with Gasteiger partial charge in [0.2, 0.25) is 0 Å². The third-order valence-corrected chi connectivity index (χ3v) is 9.79. The van der Waals surface area contributed by atoms with E-state index in [4.69, 9.17) is 4.74 Å². The predicted octanol–water partition coefficient (Wildman–Crippen LogP) is 5.02. The molecule has 1 aliphatic carbocycles. The zero-order valence-corrected chi connectivity index (χ0v) is 24.0. The highest BCUT2D eigenvalue weighted by molar-refractivity contribution is 6.10. The number of rotatable bonds is 6. The number of halogens is 3. The van der Waals surface area contributed by atoms with Crippen molar-refractivity contribution in [2.75, 3.05) is 24.6 Å². The van der Waals surface area contributed by atoms with Crippen LogP contribution in [-0.4, -0.2) is 51.4 Å². The fourth-order valence-corrected chi connectivity index (χ4v) is 7.54. The molecule has 3 aliphatic heterocycles. The Morgan fingerprint density at radius 2 is 2.05 bits per heavy atom. The summed E-state index contributed by atoms with van der Waals surface area (Å²) in [6.07, 6.45) is 1.00. The smallest absolute Gasteiger partial charge is 0.378 e. The van der Waals surface area contributed by atoms with Crippen molar-refractivity contribution in [3.05, 3.63) is 76.4 Å². The number of hydrogen-bond donors (Lipinski definition) is 0. The number of benzene rings is 2. The van der Waals surface area contributed by atoms with Crippen LogP contribution in [0.25, 0.3) is 0 Å². The van der Waals surface area contributed by atoms with Crippen molar-refractivity contribution in [3.8, 4) is 6.07 Å². The summed E-state index contributed by atoms with van der Waals surface area (Å²) in [5, 5.41) is 17.8. The second-order valence-electron chi connectivity index (χ2n) is 12.7. The minimum atomic E-state index is -4.58. The molecule has 2 unspecified atom stereocenters. The first-order valence-electron chi connectivity index (χ1n) is 14.8. The number of aromatic nitrogens is 3. The summed E-state index contributed by atoms with van der Waals surface area (Å²) in [6.45, 7) is 2.46. The van der Waals surface area contributed by atoms with Gasteiger partial charge in [-0.05, 0) is 72.6 Å². The molecule has 0 radical (unpaired) electrons. The molecule has 0 spiro atoms. The fourth-order valence-electron chi connectivity index (χ4n) is 7.54. The van der Waals surface area contributed by atoms with E-state index in [1.165, 1.54) is 11.0 Å². The van der Waals surface area contributed by atoms with E-state index in [0.29, 0.717) is 49.6 Å². The number of aryl methyl sites for hydroxylation is 1. The van der Waals surface area contributed by atoms with E-state index >= 15 is 0 Å². The van der Waals surface area contributed by atoms with Crippen LogP contribution >= 0.6 is 0 Å². The number of nitriles is 1. The minimum absolute atomic E-state index is 0.0250. The number of nitrogens with zero attached hydrogens (tertiary/aromatic N) is 6. The lowest BCUT2D eigenvalue weighted by molar-refractivity contribution is -0.138. The van der Waals surface area contributed by atoms with Crippen LogP contribution in [0.4, 0.5) is 18.9 Å². The molecular formula is C32H33F3N6O2. The summed E-state index contributed by atoms with van der Waals surface area (Å²) in [6, 6.07) is 12.7. The average Bonchev–Trinajstić information content (AvgIpc) is 3.62. The largest absolute Gasteiger partial charge is 0.416 e. The Labute approximate surface area is 248 Å². The summed E-state index contributed by atoms with van der Waals surface area (Å²) in [7, 11) is 1.87. The van der Waals surface area contributed by atoms with E-state index in [0.717, 1.165) is 37.3 Å². The first kappa shape index (κ1) is 28.0. The van der Waals surface area contributed by atoms with Gasteiger partial charge in [0.15, 0.2) is 0 Å². The van der Waals surface area contributed by atoms with Gasteiger partial charge >= 0.3 is 6.18 Å². The fraction of sp³-hybridized carbons (Fsp3) is 0.500. The number of likely N-dealkylation sites (tertiary alicyclic amines) is 1. The van der Waals surface area contributed by atoms with E-state index in [9.17, 15) is 23.2 Å². The molecule has 4 heterocycles. The molecule has 3 aromatic rings. The SMILES string of the molecule is Cn1cnnc1CC1(c2cccc(N3Cc4c(cc(CN5CCC6CC(CO6)C5)cc4C(F)(F)F)C3=O)c2)CC(C#N)C1. The third-order valence-electron chi connectivity index (χ3n) is 9.79. The van der Waals surface area contributed by atoms with Gasteiger partial charge in [-0.1, -0.05) is 12.1 Å². The van der Waals surface area contributed by atoms with Gasteiger partial charge in [0, 0.05) is 55.7 Å². The maximum Gasteiger partial charge on any atom is 0.416 e. The average molecular weight is 591 g/mol. The lowest BCUT2D eigenvalue weighted by Gasteiger charge is -2.45. The summed E-state index contributed by atoms with van der Waals surface area (Å²) in [5.41, 5.74) is 1.05. The Bertz CT molecular complexity index is 1600. The first-order chi connectivity index (χ1) is 20.6. The van der Waals surface area contributed by atoms with Crippen LogP contribution in [0.1, 0.15) is 64.1 Å². The molecule has 2 bridgehead atoms. The number of ether oxygens (including phenoxy) is 1. The maximum atomic E-state index is 14.4. The molecule has 0 N–H and O–H groups in total. The van der Waals surface area contributed by atoms with Crippen LogP contribution in [0.15, 0.2) is 42.7 Å². The molecule has 4 aliphatic rings. The van der Waals surface area contributed by atoms with Gasteiger partial charge in [0.1, 0.15) is 12.2 Å². The highest BCUT2D eigenvalue weighted by Gasteiger charge is 2.47. The Morgan fingerprint density at radius 3 is 2.79 bits per heavy atom. The third kappa shape index (κ3) is 5.10. The molecule has 1 aromatic heterocycles. The normalized spacial score (nSPS) is 27.1. The maximum absolute atomic E-state index is 14.4. The molecule has 7 rings (SSSR count). The Morgan fingerprint density at radius 1 is 1.21 bits per heavy atom. The van der Waals surface area contributed by atoms with Gasteiger partial charge < -0.3 is 14.2 Å². The lowest BCUT2D eigenvalue weighted by Crippen LogP contribution is -2.43. The predicted molar refractivity (Wildman–Crippen MR) is 151 cm³/mol. The summed E-state index contributed by atoms with van der Waals surface area (Å²) in [5.74, 6) is 0.672. The summed E-state index contributed by atoms with van der Waals surface area (Å²) >= 11 is 0. The van der Waals surface area contributed by atoms with Crippen molar-refractivity contribution in [3.63, 3.8) is 0 Å². The van der Waals surface area contributed by atoms with E-state index in [1.54, 1.807) is 18.5 Å². The van der Waals surface area contributed by atoms with Crippen LogP contribution < -0.4 is 4.90 Å². The van der Waals surface area contributed by atoms with Gasteiger partial charge in [-0.25, -0.2) is 0 Å². The van der Waals surface area contributed by atoms with Crippen molar-refractivity contribution >= 4 is 11.6 Å². The minimum Gasteiger partial charge on any atom is -0.378 e. The highest BCUT2D eigenvalue weighted by atomic mass is 19.4. The van der Waals surface area contributed by atoms with Gasteiger partial charge in [-0.3, -0.25) is 9.69 Å². The van der Waals surface area contributed by atoms with E-state index in [1.807, 2.05) is 29.8 Å². The second kappa shape index (κ2) is 10.5.